The summed E-state index contributed by atoms with van der Waals surface area (Å²) < 4.78 is 5.90. The summed E-state index contributed by atoms with van der Waals surface area (Å²) in [6, 6.07) is 16.5. The maximum absolute atomic E-state index is 5.90. The molecular formula is C17H17NO. The highest BCUT2D eigenvalue weighted by Crippen LogP contribution is 2.33. The van der Waals surface area contributed by atoms with Crippen LogP contribution in [0, 0.1) is 0 Å². The van der Waals surface area contributed by atoms with Gasteiger partial charge in [0.25, 0.3) is 0 Å². The van der Waals surface area contributed by atoms with E-state index in [0.29, 0.717) is 6.54 Å². The Morgan fingerprint density at radius 1 is 1.05 bits per heavy atom. The van der Waals surface area contributed by atoms with Gasteiger partial charge in [-0.25, -0.2) is 0 Å². The van der Waals surface area contributed by atoms with Crippen molar-refractivity contribution in [3.63, 3.8) is 0 Å². The van der Waals surface area contributed by atoms with E-state index in [2.05, 4.69) is 42.5 Å². The van der Waals surface area contributed by atoms with Crippen molar-refractivity contribution in [2.24, 2.45) is 5.73 Å². The van der Waals surface area contributed by atoms with Crippen LogP contribution in [-0.4, -0.2) is 12.6 Å². The van der Waals surface area contributed by atoms with E-state index in [1.165, 1.54) is 11.1 Å². The van der Waals surface area contributed by atoms with Gasteiger partial charge in [0.05, 0.1) is 0 Å². The highest BCUT2D eigenvalue weighted by Gasteiger charge is 2.22. The van der Waals surface area contributed by atoms with E-state index in [1.807, 2.05) is 18.2 Å². The van der Waals surface area contributed by atoms with Crippen molar-refractivity contribution in [2.75, 3.05) is 6.54 Å². The fraction of sp³-hybridized carbons (Fsp3) is 0.176. The molecule has 0 aromatic heterocycles. The number of ether oxygens (including phenoxy) is 1. The van der Waals surface area contributed by atoms with Gasteiger partial charge in [0.1, 0.15) is 11.9 Å². The molecule has 1 atom stereocenters. The molecule has 2 aromatic rings. The van der Waals surface area contributed by atoms with E-state index in [4.69, 9.17) is 10.5 Å². The van der Waals surface area contributed by atoms with E-state index < -0.39 is 0 Å². The molecule has 2 heteroatoms. The lowest BCUT2D eigenvalue weighted by atomic mass is 10.1. The zero-order valence-corrected chi connectivity index (χ0v) is 10.8. The molecule has 0 fully saturated rings. The van der Waals surface area contributed by atoms with Crippen LogP contribution in [0.25, 0.3) is 12.2 Å². The molecule has 0 saturated carbocycles. The molecule has 96 valence electrons. The second kappa shape index (κ2) is 5.29. The van der Waals surface area contributed by atoms with E-state index in [0.717, 1.165) is 17.7 Å². The van der Waals surface area contributed by atoms with Crippen molar-refractivity contribution in [3.8, 4) is 5.75 Å². The Labute approximate surface area is 113 Å². The van der Waals surface area contributed by atoms with Gasteiger partial charge in [0.15, 0.2) is 0 Å². The number of hydrogen-bond acceptors (Lipinski definition) is 2. The van der Waals surface area contributed by atoms with Crippen LogP contribution in [-0.2, 0) is 6.42 Å². The Bertz CT molecular complexity index is 589. The number of nitrogens with two attached hydrogens (primary N) is 1. The van der Waals surface area contributed by atoms with Crippen LogP contribution >= 0.6 is 0 Å². The predicted octanol–water partition coefficient (Wildman–Crippen LogP) is 3.12. The smallest absolute Gasteiger partial charge is 0.130 e. The summed E-state index contributed by atoms with van der Waals surface area (Å²) in [4.78, 5) is 0. The molecule has 19 heavy (non-hydrogen) atoms. The second-order valence-corrected chi connectivity index (χ2v) is 4.76. The summed E-state index contributed by atoms with van der Waals surface area (Å²) in [5.74, 6) is 0.991. The first-order chi connectivity index (χ1) is 9.36. The third-order valence-electron chi connectivity index (χ3n) is 3.38. The van der Waals surface area contributed by atoms with Crippen molar-refractivity contribution in [1.82, 2.24) is 0 Å². The predicted molar refractivity (Wildman–Crippen MR) is 79.0 cm³/mol. The highest BCUT2D eigenvalue weighted by molar-refractivity contribution is 5.73. The van der Waals surface area contributed by atoms with Gasteiger partial charge >= 0.3 is 0 Å². The molecule has 0 amide bonds. The number of fused-ring (bicyclic) bond motifs is 1. The molecule has 2 aromatic carbocycles. The van der Waals surface area contributed by atoms with Crippen molar-refractivity contribution in [3.05, 3.63) is 65.2 Å². The van der Waals surface area contributed by atoms with Crippen LogP contribution in [0.15, 0.2) is 48.5 Å². The number of hydrogen-bond donors (Lipinski definition) is 1. The van der Waals surface area contributed by atoms with Gasteiger partial charge in [-0.2, -0.15) is 0 Å². The van der Waals surface area contributed by atoms with Gasteiger partial charge in [-0.15, -0.1) is 0 Å². The zero-order valence-electron chi connectivity index (χ0n) is 10.8. The first kappa shape index (κ1) is 12.0. The zero-order chi connectivity index (χ0) is 13.1. The molecule has 0 spiro atoms. The molecule has 0 saturated heterocycles. The van der Waals surface area contributed by atoms with Gasteiger partial charge in [0, 0.05) is 18.5 Å². The summed E-state index contributed by atoms with van der Waals surface area (Å²) >= 11 is 0. The highest BCUT2D eigenvalue weighted by atomic mass is 16.5. The fourth-order valence-corrected chi connectivity index (χ4v) is 2.38. The molecule has 3 rings (SSSR count). The quantitative estimate of drug-likeness (QED) is 0.851. The van der Waals surface area contributed by atoms with Crippen LogP contribution in [0.4, 0.5) is 0 Å². The minimum atomic E-state index is 0.126. The number of para-hydroxylation sites is 1. The standard InChI is InChI=1S/C17H17NO/c18-12-16-11-15-8-4-7-14(17(15)19-16)10-9-13-5-2-1-3-6-13/h1-10,16H,11-12,18H2. The average molecular weight is 251 g/mol. The average Bonchev–Trinajstić information content (AvgIpc) is 2.90. The first-order valence-electron chi connectivity index (χ1n) is 6.58. The van der Waals surface area contributed by atoms with Gasteiger partial charge in [0.2, 0.25) is 0 Å². The molecule has 1 aliphatic rings. The largest absolute Gasteiger partial charge is 0.488 e. The van der Waals surface area contributed by atoms with Crippen LogP contribution < -0.4 is 10.5 Å². The molecular weight excluding hydrogens is 234 g/mol. The van der Waals surface area contributed by atoms with Crippen molar-refractivity contribution in [1.29, 1.82) is 0 Å². The molecule has 1 aliphatic heterocycles. The summed E-state index contributed by atoms with van der Waals surface area (Å²) in [7, 11) is 0. The lowest BCUT2D eigenvalue weighted by Gasteiger charge is -2.08. The summed E-state index contributed by atoms with van der Waals surface area (Å²) in [6.07, 6.45) is 5.25. The normalized spacial score (nSPS) is 17.4. The van der Waals surface area contributed by atoms with Crippen molar-refractivity contribution in [2.45, 2.75) is 12.5 Å². The first-order valence-corrected chi connectivity index (χ1v) is 6.58. The maximum Gasteiger partial charge on any atom is 0.130 e. The Kier molecular flexibility index (Phi) is 3.34. The van der Waals surface area contributed by atoms with Crippen LogP contribution in [0.2, 0.25) is 0 Å². The number of benzene rings is 2. The van der Waals surface area contributed by atoms with Gasteiger partial charge in [-0.3, -0.25) is 0 Å². The Morgan fingerprint density at radius 2 is 1.89 bits per heavy atom. The van der Waals surface area contributed by atoms with Crippen LogP contribution in [0.5, 0.6) is 5.75 Å². The van der Waals surface area contributed by atoms with E-state index in [1.54, 1.807) is 0 Å². The van der Waals surface area contributed by atoms with Crippen molar-refractivity contribution >= 4 is 12.2 Å². The molecule has 0 aliphatic carbocycles. The lowest BCUT2D eigenvalue weighted by Crippen LogP contribution is -2.24. The monoisotopic (exact) mass is 251 g/mol. The van der Waals surface area contributed by atoms with Gasteiger partial charge < -0.3 is 10.5 Å². The SMILES string of the molecule is NCC1Cc2cccc(C=Cc3ccccc3)c2O1. The third-order valence-corrected chi connectivity index (χ3v) is 3.38. The van der Waals surface area contributed by atoms with E-state index in [-0.39, 0.29) is 6.10 Å². The lowest BCUT2D eigenvalue weighted by molar-refractivity contribution is 0.241. The molecule has 1 unspecified atom stereocenters. The Hall–Kier alpha value is -2.06. The summed E-state index contributed by atoms with van der Waals surface area (Å²) in [5.41, 5.74) is 9.25. The molecule has 2 nitrogen and oxygen atoms in total. The molecule has 1 heterocycles. The molecule has 0 bridgehead atoms. The maximum atomic E-state index is 5.90. The van der Waals surface area contributed by atoms with Gasteiger partial charge in [-0.1, -0.05) is 60.7 Å². The molecule has 2 N–H and O–H groups in total. The second-order valence-electron chi connectivity index (χ2n) is 4.76. The summed E-state index contributed by atoms with van der Waals surface area (Å²) in [6.45, 7) is 0.566. The van der Waals surface area contributed by atoms with Crippen LogP contribution in [0.3, 0.4) is 0 Å². The fourth-order valence-electron chi connectivity index (χ4n) is 2.38. The van der Waals surface area contributed by atoms with Crippen molar-refractivity contribution < 1.29 is 4.74 Å². The third kappa shape index (κ3) is 2.54. The van der Waals surface area contributed by atoms with Crippen LogP contribution in [0.1, 0.15) is 16.7 Å². The minimum Gasteiger partial charge on any atom is -0.488 e. The molecule has 0 radical (unpaired) electrons. The minimum absolute atomic E-state index is 0.126. The van der Waals surface area contributed by atoms with E-state index >= 15 is 0 Å². The number of rotatable bonds is 3. The topological polar surface area (TPSA) is 35.2 Å². The summed E-state index contributed by atoms with van der Waals surface area (Å²) in [5, 5.41) is 0. The Balaban J connectivity index is 1.88. The van der Waals surface area contributed by atoms with Gasteiger partial charge in [-0.05, 0) is 11.1 Å². The Morgan fingerprint density at radius 3 is 2.68 bits per heavy atom. The van der Waals surface area contributed by atoms with E-state index in [9.17, 15) is 0 Å².